The van der Waals surface area contributed by atoms with Gasteiger partial charge in [-0.05, 0) is 32.9 Å². The lowest BCUT2D eigenvalue weighted by Gasteiger charge is -2.20. The van der Waals surface area contributed by atoms with Gasteiger partial charge in [0.05, 0.1) is 5.92 Å². The Morgan fingerprint density at radius 3 is 2.48 bits per heavy atom. The van der Waals surface area contributed by atoms with Crippen LogP contribution in [-0.2, 0) is 9.53 Å². The van der Waals surface area contributed by atoms with Crippen molar-refractivity contribution in [3.05, 3.63) is 29.6 Å². The number of nitrogens with one attached hydrogen (secondary N) is 1. The molecular weight excluding hydrogens is 279 g/mol. The van der Waals surface area contributed by atoms with E-state index in [2.05, 4.69) is 5.32 Å². The SMILES string of the molecule is CC(C)(C)OC(=O)Nc1ccc(C(CN)C(=O)O)c(F)c1. The van der Waals surface area contributed by atoms with E-state index in [1.165, 1.54) is 12.1 Å². The molecule has 0 aliphatic rings. The van der Waals surface area contributed by atoms with Crippen LogP contribution in [0.5, 0.6) is 0 Å². The third kappa shape index (κ3) is 5.03. The molecule has 0 heterocycles. The molecule has 0 aliphatic carbocycles. The van der Waals surface area contributed by atoms with Gasteiger partial charge < -0.3 is 15.6 Å². The average molecular weight is 298 g/mol. The molecule has 0 aliphatic heterocycles. The second kappa shape index (κ2) is 6.53. The Hall–Kier alpha value is -2.15. The Labute approximate surface area is 122 Å². The lowest BCUT2D eigenvalue weighted by atomic mass is 9.98. The van der Waals surface area contributed by atoms with E-state index in [0.29, 0.717) is 0 Å². The molecule has 4 N–H and O–H groups in total. The van der Waals surface area contributed by atoms with E-state index in [-0.39, 0.29) is 17.8 Å². The Morgan fingerprint density at radius 1 is 1.43 bits per heavy atom. The van der Waals surface area contributed by atoms with Gasteiger partial charge in [0.25, 0.3) is 0 Å². The van der Waals surface area contributed by atoms with Gasteiger partial charge in [-0.1, -0.05) is 6.07 Å². The Bertz CT molecular complexity index is 540. The highest BCUT2D eigenvalue weighted by Crippen LogP contribution is 2.22. The van der Waals surface area contributed by atoms with E-state index in [1.54, 1.807) is 20.8 Å². The Kier molecular flexibility index (Phi) is 5.26. The monoisotopic (exact) mass is 298 g/mol. The predicted molar refractivity (Wildman–Crippen MR) is 75.7 cm³/mol. The first-order chi connectivity index (χ1) is 9.64. The molecule has 0 bridgehead atoms. The van der Waals surface area contributed by atoms with Gasteiger partial charge in [0.2, 0.25) is 0 Å². The first-order valence-corrected chi connectivity index (χ1v) is 6.36. The highest BCUT2D eigenvalue weighted by Gasteiger charge is 2.22. The molecule has 0 saturated carbocycles. The van der Waals surface area contributed by atoms with Gasteiger partial charge in [0.1, 0.15) is 11.4 Å². The average Bonchev–Trinajstić information content (AvgIpc) is 2.29. The van der Waals surface area contributed by atoms with Gasteiger partial charge >= 0.3 is 12.1 Å². The summed E-state index contributed by atoms with van der Waals surface area (Å²) in [5, 5.41) is 11.3. The fourth-order valence-electron chi connectivity index (χ4n) is 1.67. The van der Waals surface area contributed by atoms with Crippen molar-refractivity contribution in [1.29, 1.82) is 0 Å². The second-order valence-corrected chi connectivity index (χ2v) is 5.49. The van der Waals surface area contributed by atoms with Crippen molar-refractivity contribution >= 4 is 17.7 Å². The van der Waals surface area contributed by atoms with Gasteiger partial charge in [-0.25, -0.2) is 9.18 Å². The van der Waals surface area contributed by atoms with Crippen LogP contribution >= 0.6 is 0 Å². The summed E-state index contributed by atoms with van der Waals surface area (Å²) < 4.78 is 19.0. The number of halogens is 1. The molecule has 7 heteroatoms. The standard InChI is InChI=1S/C14H19FN2O4/c1-14(2,3)21-13(20)17-8-4-5-9(11(15)6-8)10(7-16)12(18)19/h4-6,10H,7,16H2,1-3H3,(H,17,20)(H,18,19). The van der Waals surface area contributed by atoms with Crippen LogP contribution in [0.3, 0.4) is 0 Å². The number of rotatable bonds is 4. The Balaban J connectivity index is 2.88. The maximum Gasteiger partial charge on any atom is 0.412 e. The molecule has 1 aromatic carbocycles. The number of amides is 1. The summed E-state index contributed by atoms with van der Waals surface area (Å²) in [6.45, 7) is 4.89. The maximum absolute atomic E-state index is 13.9. The summed E-state index contributed by atoms with van der Waals surface area (Å²) in [5.74, 6) is -3.08. The van der Waals surface area contributed by atoms with Crippen molar-refractivity contribution < 1.29 is 23.8 Å². The molecule has 116 valence electrons. The van der Waals surface area contributed by atoms with Crippen molar-refractivity contribution in [2.45, 2.75) is 32.3 Å². The number of benzene rings is 1. The van der Waals surface area contributed by atoms with Crippen LogP contribution in [-0.4, -0.2) is 29.3 Å². The van der Waals surface area contributed by atoms with Crippen molar-refractivity contribution in [2.75, 3.05) is 11.9 Å². The normalized spacial score (nSPS) is 12.6. The number of carboxylic acid groups (broad SMARTS) is 1. The number of aliphatic carboxylic acids is 1. The molecule has 1 atom stereocenters. The minimum atomic E-state index is -1.20. The summed E-state index contributed by atoms with van der Waals surface area (Å²) in [6.07, 6.45) is -0.719. The van der Waals surface area contributed by atoms with Gasteiger partial charge in [-0.15, -0.1) is 0 Å². The lowest BCUT2D eigenvalue weighted by molar-refractivity contribution is -0.138. The van der Waals surface area contributed by atoms with Crippen molar-refractivity contribution in [3.8, 4) is 0 Å². The topological polar surface area (TPSA) is 102 Å². The summed E-state index contributed by atoms with van der Waals surface area (Å²) >= 11 is 0. The molecule has 1 rings (SSSR count). The number of anilines is 1. The van der Waals surface area contributed by atoms with E-state index in [9.17, 15) is 14.0 Å². The third-order valence-electron chi connectivity index (χ3n) is 2.55. The molecule has 0 spiro atoms. The van der Waals surface area contributed by atoms with Crippen molar-refractivity contribution in [2.24, 2.45) is 5.73 Å². The number of hydrogen-bond donors (Lipinski definition) is 3. The zero-order chi connectivity index (χ0) is 16.2. The number of nitrogens with two attached hydrogens (primary N) is 1. The second-order valence-electron chi connectivity index (χ2n) is 5.49. The number of hydrogen-bond acceptors (Lipinski definition) is 4. The van der Waals surface area contributed by atoms with Crippen molar-refractivity contribution in [1.82, 2.24) is 0 Å². The first-order valence-electron chi connectivity index (χ1n) is 6.36. The molecule has 0 aromatic heterocycles. The van der Waals surface area contributed by atoms with Crippen LogP contribution < -0.4 is 11.1 Å². The molecule has 21 heavy (non-hydrogen) atoms. The number of carbonyl (C=O) groups is 2. The molecule has 0 saturated heterocycles. The summed E-state index contributed by atoms with van der Waals surface area (Å²) in [6, 6.07) is 3.71. The van der Waals surface area contributed by atoms with Crippen molar-refractivity contribution in [3.63, 3.8) is 0 Å². The smallest absolute Gasteiger partial charge is 0.412 e. The Morgan fingerprint density at radius 2 is 2.05 bits per heavy atom. The van der Waals surface area contributed by atoms with E-state index in [1.807, 2.05) is 0 Å². The quantitative estimate of drug-likeness (QED) is 0.791. The van der Waals surface area contributed by atoms with Gasteiger partial charge in [0, 0.05) is 17.8 Å². The lowest BCUT2D eigenvalue weighted by Crippen LogP contribution is -2.27. The van der Waals surface area contributed by atoms with Crippen LogP contribution in [0.1, 0.15) is 32.3 Å². The molecule has 6 nitrogen and oxygen atoms in total. The van der Waals surface area contributed by atoms with E-state index < -0.39 is 29.4 Å². The summed E-state index contributed by atoms with van der Waals surface area (Å²) in [7, 11) is 0. The fraction of sp³-hybridized carbons (Fsp3) is 0.429. The molecule has 0 fully saturated rings. The summed E-state index contributed by atoms with van der Waals surface area (Å²) in [5.41, 5.74) is 4.80. The molecule has 1 unspecified atom stereocenters. The van der Waals surface area contributed by atoms with Gasteiger partial charge in [-0.2, -0.15) is 0 Å². The summed E-state index contributed by atoms with van der Waals surface area (Å²) in [4.78, 5) is 22.5. The molecular formula is C14H19FN2O4. The minimum Gasteiger partial charge on any atom is -0.481 e. The molecule has 1 aromatic rings. The minimum absolute atomic E-state index is 0.0280. The highest BCUT2D eigenvalue weighted by molar-refractivity contribution is 5.85. The van der Waals surface area contributed by atoms with Crippen LogP contribution in [0.25, 0.3) is 0 Å². The number of carboxylic acids is 1. The maximum atomic E-state index is 13.9. The van der Waals surface area contributed by atoms with Gasteiger partial charge in [-0.3, -0.25) is 10.1 Å². The van der Waals surface area contributed by atoms with Gasteiger partial charge in [0.15, 0.2) is 0 Å². The molecule has 1 amide bonds. The van der Waals surface area contributed by atoms with E-state index in [4.69, 9.17) is 15.6 Å². The predicted octanol–water partition coefficient (Wildman–Crippen LogP) is 2.30. The van der Waals surface area contributed by atoms with Crippen LogP contribution in [0.15, 0.2) is 18.2 Å². The fourth-order valence-corrected chi connectivity index (χ4v) is 1.67. The van der Waals surface area contributed by atoms with E-state index in [0.717, 1.165) is 6.07 Å². The number of ether oxygens (including phenoxy) is 1. The largest absolute Gasteiger partial charge is 0.481 e. The van der Waals surface area contributed by atoms with E-state index >= 15 is 0 Å². The molecule has 0 radical (unpaired) electrons. The zero-order valence-electron chi connectivity index (χ0n) is 12.1. The zero-order valence-corrected chi connectivity index (χ0v) is 12.1. The third-order valence-corrected chi connectivity index (χ3v) is 2.55. The van der Waals surface area contributed by atoms with Crippen LogP contribution in [0.2, 0.25) is 0 Å². The number of carbonyl (C=O) groups excluding carboxylic acids is 1. The van der Waals surface area contributed by atoms with Crippen LogP contribution in [0.4, 0.5) is 14.9 Å². The highest BCUT2D eigenvalue weighted by atomic mass is 19.1. The first kappa shape index (κ1) is 16.9. The van der Waals surface area contributed by atoms with Crippen LogP contribution in [0, 0.1) is 5.82 Å².